The van der Waals surface area contributed by atoms with Crippen molar-refractivity contribution < 1.29 is 39.3 Å². The zero-order valence-electron chi connectivity index (χ0n) is 17.6. The second-order valence-electron chi connectivity index (χ2n) is 7.25. The Hall–Kier alpha value is -3.51. The van der Waals surface area contributed by atoms with E-state index in [1.54, 1.807) is 30.3 Å². The Balaban J connectivity index is 2.78. The van der Waals surface area contributed by atoms with Gasteiger partial charge in [0.2, 0.25) is 17.7 Å². The average molecular weight is 452 g/mol. The van der Waals surface area contributed by atoms with Crippen molar-refractivity contribution in [3.63, 3.8) is 0 Å². The summed E-state index contributed by atoms with van der Waals surface area (Å²) in [7, 11) is 0. The van der Waals surface area contributed by atoms with Gasteiger partial charge < -0.3 is 37.0 Å². The molecule has 0 saturated heterocycles. The molecule has 0 bridgehead atoms. The van der Waals surface area contributed by atoms with Gasteiger partial charge in [-0.2, -0.15) is 0 Å². The van der Waals surface area contributed by atoms with Crippen molar-refractivity contribution in [2.45, 2.75) is 57.0 Å². The van der Waals surface area contributed by atoms with Crippen LogP contribution >= 0.6 is 0 Å². The van der Waals surface area contributed by atoms with Gasteiger partial charge in [-0.3, -0.25) is 19.2 Å². The zero-order valence-corrected chi connectivity index (χ0v) is 17.6. The Labute approximate surface area is 184 Å². The Kier molecular flexibility index (Phi) is 10.3. The third-order valence-corrected chi connectivity index (χ3v) is 4.44. The van der Waals surface area contributed by atoms with E-state index in [2.05, 4.69) is 16.0 Å². The van der Waals surface area contributed by atoms with Gasteiger partial charge in [-0.25, -0.2) is 4.79 Å². The summed E-state index contributed by atoms with van der Waals surface area (Å²) in [4.78, 5) is 59.0. The molecule has 5 atom stereocenters. The molecule has 0 heterocycles. The Bertz CT molecular complexity index is 830. The van der Waals surface area contributed by atoms with Crippen LogP contribution in [0.1, 0.15) is 25.8 Å². The fraction of sp³-hybridized carbons (Fsp3) is 0.450. The summed E-state index contributed by atoms with van der Waals surface area (Å²) in [5.74, 6) is -5.28. The molecule has 176 valence electrons. The van der Waals surface area contributed by atoms with Gasteiger partial charge >= 0.3 is 11.9 Å². The second kappa shape index (κ2) is 12.4. The lowest BCUT2D eigenvalue weighted by molar-refractivity contribution is -0.143. The van der Waals surface area contributed by atoms with E-state index < -0.39 is 66.4 Å². The van der Waals surface area contributed by atoms with Crippen LogP contribution in [0.2, 0.25) is 0 Å². The molecule has 0 saturated carbocycles. The molecule has 32 heavy (non-hydrogen) atoms. The summed E-state index contributed by atoms with van der Waals surface area (Å²) in [5, 5.41) is 34.8. The monoisotopic (exact) mass is 452 g/mol. The van der Waals surface area contributed by atoms with Crippen LogP contribution in [-0.2, 0) is 30.4 Å². The molecule has 0 radical (unpaired) electrons. The van der Waals surface area contributed by atoms with Gasteiger partial charge in [-0.15, -0.1) is 0 Å². The van der Waals surface area contributed by atoms with Crippen LogP contribution in [0.5, 0.6) is 0 Å². The summed E-state index contributed by atoms with van der Waals surface area (Å²) in [6.45, 7) is 2.50. The maximum atomic E-state index is 12.6. The number of nitrogens with one attached hydrogen (secondary N) is 3. The normalized spacial score (nSPS) is 15.4. The minimum absolute atomic E-state index is 0.0175. The summed E-state index contributed by atoms with van der Waals surface area (Å²) < 4.78 is 0. The smallest absolute Gasteiger partial charge is 0.326 e. The predicted molar refractivity (Wildman–Crippen MR) is 111 cm³/mol. The highest BCUT2D eigenvalue weighted by Gasteiger charge is 2.31. The third kappa shape index (κ3) is 8.70. The highest BCUT2D eigenvalue weighted by atomic mass is 16.4. The Morgan fingerprint density at radius 2 is 1.50 bits per heavy atom. The standard InChI is InChI=1S/C20H28N4O8/c1-10(22-18(29)13(21)9-15(26)27)17(28)24-16(11(2)25)19(30)23-14(20(31)32)8-12-6-4-3-5-7-12/h3-7,10-11,13-14,16,25H,8-9,21H2,1-2H3,(H,22,29)(H,23,30)(H,24,28)(H,26,27)(H,31,32). The minimum Gasteiger partial charge on any atom is -0.481 e. The van der Waals surface area contributed by atoms with E-state index >= 15 is 0 Å². The van der Waals surface area contributed by atoms with Crippen molar-refractivity contribution in [2.75, 3.05) is 0 Å². The molecule has 12 heteroatoms. The van der Waals surface area contributed by atoms with Crippen LogP contribution in [0.3, 0.4) is 0 Å². The molecule has 12 nitrogen and oxygen atoms in total. The fourth-order valence-electron chi connectivity index (χ4n) is 2.66. The minimum atomic E-state index is -1.51. The largest absolute Gasteiger partial charge is 0.481 e. The van der Waals surface area contributed by atoms with Crippen LogP contribution in [0.15, 0.2) is 30.3 Å². The number of aliphatic hydroxyl groups is 1. The van der Waals surface area contributed by atoms with Crippen molar-refractivity contribution in [1.29, 1.82) is 0 Å². The van der Waals surface area contributed by atoms with Crippen molar-refractivity contribution in [1.82, 2.24) is 16.0 Å². The first-order valence-corrected chi connectivity index (χ1v) is 9.75. The predicted octanol–water partition coefficient (Wildman–Crippen LogP) is -2.03. The zero-order chi connectivity index (χ0) is 24.4. The molecular formula is C20H28N4O8. The summed E-state index contributed by atoms with van der Waals surface area (Å²) >= 11 is 0. The van der Waals surface area contributed by atoms with Crippen LogP contribution in [-0.4, -0.2) is 75.3 Å². The number of aliphatic carboxylic acids is 2. The molecule has 1 aromatic rings. The molecule has 0 spiro atoms. The van der Waals surface area contributed by atoms with E-state index in [9.17, 15) is 34.2 Å². The van der Waals surface area contributed by atoms with Gasteiger partial charge in [-0.05, 0) is 19.4 Å². The van der Waals surface area contributed by atoms with Gasteiger partial charge in [0.1, 0.15) is 18.1 Å². The number of carbonyl (C=O) groups excluding carboxylic acids is 3. The number of benzene rings is 1. The number of amides is 3. The van der Waals surface area contributed by atoms with Crippen LogP contribution < -0.4 is 21.7 Å². The molecule has 0 aromatic heterocycles. The van der Waals surface area contributed by atoms with Gasteiger partial charge in [0.25, 0.3) is 0 Å². The topological polar surface area (TPSA) is 208 Å². The number of rotatable bonds is 12. The Morgan fingerprint density at radius 3 is 2.00 bits per heavy atom. The number of nitrogens with two attached hydrogens (primary N) is 1. The van der Waals surface area contributed by atoms with Gasteiger partial charge in [0.05, 0.1) is 18.6 Å². The molecular weight excluding hydrogens is 424 g/mol. The van der Waals surface area contributed by atoms with E-state index in [0.29, 0.717) is 5.56 Å². The quantitative estimate of drug-likeness (QED) is 0.186. The second-order valence-corrected chi connectivity index (χ2v) is 7.25. The van der Waals surface area contributed by atoms with Gasteiger partial charge in [0.15, 0.2) is 0 Å². The van der Waals surface area contributed by atoms with E-state index in [4.69, 9.17) is 10.8 Å². The molecule has 1 aromatic carbocycles. The van der Waals surface area contributed by atoms with Crippen molar-refractivity contribution in [2.24, 2.45) is 5.73 Å². The first-order valence-electron chi connectivity index (χ1n) is 9.75. The summed E-state index contributed by atoms with van der Waals surface area (Å²) in [5.41, 5.74) is 6.09. The number of carboxylic acid groups (broad SMARTS) is 2. The number of carboxylic acids is 2. The number of hydrogen-bond donors (Lipinski definition) is 7. The van der Waals surface area contributed by atoms with Crippen molar-refractivity contribution in [3.8, 4) is 0 Å². The molecule has 0 aliphatic rings. The SMILES string of the molecule is CC(NC(=O)C(N)CC(=O)O)C(=O)NC(C(=O)NC(Cc1ccccc1)C(=O)O)C(C)O. The highest BCUT2D eigenvalue weighted by molar-refractivity contribution is 5.94. The number of carbonyl (C=O) groups is 5. The molecule has 0 aliphatic heterocycles. The number of hydrogen-bond acceptors (Lipinski definition) is 7. The first kappa shape index (κ1) is 26.5. The molecule has 1 rings (SSSR count). The molecule has 8 N–H and O–H groups in total. The third-order valence-electron chi connectivity index (χ3n) is 4.44. The highest BCUT2D eigenvalue weighted by Crippen LogP contribution is 2.05. The molecule has 0 fully saturated rings. The lowest BCUT2D eigenvalue weighted by Gasteiger charge is -2.25. The van der Waals surface area contributed by atoms with Gasteiger partial charge in [0, 0.05) is 6.42 Å². The van der Waals surface area contributed by atoms with Crippen LogP contribution in [0.25, 0.3) is 0 Å². The Morgan fingerprint density at radius 1 is 0.906 bits per heavy atom. The maximum absolute atomic E-state index is 12.6. The number of aliphatic hydroxyl groups excluding tert-OH is 1. The molecule has 3 amide bonds. The van der Waals surface area contributed by atoms with E-state index in [-0.39, 0.29) is 6.42 Å². The molecule has 5 unspecified atom stereocenters. The van der Waals surface area contributed by atoms with Crippen LogP contribution in [0.4, 0.5) is 0 Å². The van der Waals surface area contributed by atoms with Gasteiger partial charge in [-0.1, -0.05) is 30.3 Å². The maximum Gasteiger partial charge on any atom is 0.326 e. The van der Waals surface area contributed by atoms with Crippen molar-refractivity contribution >= 4 is 29.7 Å². The average Bonchev–Trinajstić information content (AvgIpc) is 2.70. The first-order chi connectivity index (χ1) is 14.9. The molecule has 0 aliphatic carbocycles. The van der Waals surface area contributed by atoms with Crippen molar-refractivity contribution in [3.05, 3.63) is 35.9 Å². The summed E-state index contributed by atoms with van der Waals surface area (Å²) in [6, 6.07) is 3.15. The van der Waals surface area contributed by atoms with E-state index in [0.717, 1.165) is 0 Å². The van der Waals surface area contributed by atoms with E-state index in [1.807, 2.05) is 0 Å². The summed E-state index contributed by atoms with van der Waals surface area (Å²) in [6.07, 6.45) is -2.05. The van der Waals surface area contributed by atoms with Crippen LogP contribution in [0, 0.1) is 0 Å². The lowest BCUT2D eigenvalue weighted by Crippen LogP contribution is -2.59. The lowest BCUT2D eigenvalue weighted by atomic mass is 10.0. The fourth-order valence-corrected chi connectivity index (χ4v) is 2.66. The van der Waals surface area contributed by atoms with E-state index in [1.165, 1.54) is 13.8 Å².